The third-order valence-corrected chi connectivity index (χ3v) is 7.37. The van der Waals surface area contributed by atoms with Crippen LogP contribution in [0.4, 0.5) is 11.4 Å². The van der Waals surface area contributed by atoms with Gasteiger partial charge in [0.15, 0.2) is 0 Å². The molecule has 5 rings (SSSR count). The van der Waals surface area contributed by atoms with Crippen molar-refractivity contribution in [3.8, 4) is 23.0 Å². The molecule has 184 valence electrons. The van der Waals surface area contributed by atoms with E-state index >= 15 is 0 Å². The standard InChI is InChI=1S/C32H34N2O2/c1-22-20-28(35-26-10-6-24(33)7-11-26)14-16-30(22)32(18-4-3-5-19-32)31-17-15-29(21-23(31)2)36-27-12-8-25(34)9-13-27/h6-17,20-21H,3-5,18-19,33-34H2,1-2H3. The largest absolute Gasteiger partial charge is 0.457 e. The Labute approximate surface area is 213 Å². The predicted molar refractivity (Wildman–Crippen MR) is 148 cm³/mol. The molecule has 1 aliphatic rings. The van der Waals surface area contributed by atoms with E-state index < -0.39 is 0 Å². The Hall–Kier alpha value is -3.92. The van der Waals surface area contributed by atoms with E-state index in [4.69, 9.17) is 20.9 Å². The molecule has 4 heteroatoms. The van der Waals surface area contributed by atoms with Crippen molar-refractivity contribution in [2.24, 2.45) is 0 Å². The van der Waals surface area contributed by atoms with Crippen molar-refractivity contribution in [1.29, 1.82) is 0 Å². The van der Waals surface area contributed by atoms with Crippen molar-refractivity contribution >= 4 is 11.4 Å². The SMILES string of the molecule is Cc1cc(Oc2ccc(N)cc2)ccc1C1(c2ccc(Oc3ccc(N)cc3)cc2C)CCCCC1. The molecule has 1 fully saturated rings. The molecule has 0 heterocycles. The highest BCUT2D eigenvalue weighted by Gasteiger charge is 2.38. The van der Waals surface area contributed by atoms with Gasteiger partial charge in [-0.3, -0.25) is 0 Å². The molecular formula is C32H34N2O2. The van der Waals surface area contributed by atoms with Gasteiger partial charge in [-0.25, -0.2) is 0 Å². The normalized spacial score (nSPS) is 14.8. The number of rotatable bonds is 6. The van der Waals surface area contributed by atoms with Crippen molar-refractivity contribution in [3.05, 3.63) is 107 Å². The molecule has 1 saturated carbocycles. The first-order valence-corrected chi connectivity index (χ1v) is 12.7. The third-order valence-electron chi connectivity index (χ3n) is 7.37. The van der Waals surface area contributed by atoms with E-state index in [1.807, 2.05) is 48.5 Å². The summed E-state index contributed by atoms with van der Waals surface area (Å²) in [6.45, 7) is 4.41. The quantitative estimate of drug-likeness (QED) is 0.273. The number of nitrogen functional groups attached to an aromatic ring is 2. The van der Waals surface area contributed by atoms with E-state index in [1.54, 1.807) is 0 Å². The fourth-order valence-electron chi connectivity index (χ4n) is 5.66. The second-order valence-electron chi connectivity index (χ2n) is 9.94. The van der Waals surface area contributed by atoms with Gasteiger partial charge in [0.25, 0.3) is 0 Å². The molecule has 0 atom stereocenters. The minimum Gasteiger partial charge on any atom is -0.457 e. The molecule has 0 amide bonds. The van der Waals surface area contributed by atoms with Crippen LogP contribution in [0.5, 0.6) is 23.0 Å². The number of hydrogen-bond acceptors (Lipinski definition) is 4. The van der Waals surface area contributed by atoms with Gasteiger partial charge in [0.1, 0.15) is 23.0 Å². The summed E-state index contributed by atoms with van der Waals surface area (Å²) in [5.41, 5.74) is 18.4. The van der Waals surface area contributed by atoms with Gasteiger partial charge in [-0.2, -0.15) is 0 Å². The highest BCUT2D eigenvalue weighted by Crippen LogP contribution is 2.48. The van der Waals surface area contributed by atoms with Crippen LogP contribution in [0.15, 0.2) is 84.9 Å². The van der Waals surface area contributed by atoms with Crippen LogP contribution in [-0.2, 0) is 5.41 Å². The van der Waals surface area contributed by atoms with Crippen LogP contribution in [-0.4, -0.2) is 0 Å². The van der Waals surface area contributed by atoms with Gasteiger partial charge in [0, 0.05) is 16.8 Å². The molecule has 1 aliphatic carbocycles. The summed E-state index contributed by atoms with van der Waals surface area (Å²) in [7, 11) is 0. The second kappa shape index (κ2) is 9.98. The molecule has 0 aromatic heterocycles. The highest BCUT2D eigenvalue weighted by atomic mass is 16.5. The molecule has 4 nitrogen and oxygen atoms in total. The summed E-state index contributed by atoms with van der Waals surface area (Å²) in [4.78, 5) is 0. The fourth-order valence-corrected chi connectivity index (χ4v) is 5.66. The number of nitrogens with two attached hydrogens (primary N) is 2. The van der Waals surface area contributed by atoms with Gasteiger partial charge in [0.05, 0.1) is 0 Å². The van der Waals surface area contributed by atoms with Crippen molar-refractivity contribution < 1.29 is 9.47 Å². The summed E-state index contributed by atoms with van der Waals surface area (Å²) in [5.74, 6) is 3.26. The molecule has 4 aromatic rings. The van der Waals surface area contributed by atoms with Gasteiger partial charge in [-0.05, 0) is 122 Å². The van der Waals surface area contributed by atoms with E-state index in [-0.39, 0.29) is 5.41 Å². The topological polar surface area (TPSA) is 70.5 Å². The van der Waals surface area contributed by atoms with Gasteiger partial charge in [0.2, 0.25) is 0 Å². The van der Waals surface area contributed by atoms with Crippen LogP contribution in [0, 0.1) is 13.8 Å². The summed E-state index contributed by atoms with van der Waals surface area (Å²) in [6, 6.07) is 28.1. The van der Waals surface area contributed by atoms with Crippen molar-refractivity contribution in [3.63, 3.8) is 0 Å². The molecule has 0 radical (unpaired) electrons. The molecule has 0 unspecified atom stereocenters. The Balaban J connectivity index is 1.46. The number of hydrogen-bond donors (Lipinski definition) is 2. The number of benzene rings is 4. The molecule has 0 spiro atoms. The maximum atomic E-state index is 6.12. The monoisotopic (exact) mass is 478 g/mol. The summed E-state index contributed by atoms with van der Waals surface area (Å²) in [6.07, 6.45) is 6.03. The molecule has 0 bridgehead atoms. The molecule has 36 heavy (non-hydrogen) atoms. The lowest BCUT2D eigenvalue weighted by Gasteiger charge is -2.40. The van der Waals surface area contributed by atoms with Gasteiger partial charge < -0.3 is 20.9 Å². The molecule has 4 aromatic carbocycles. The van der Waals surface area contributed by atoms with E-state index in [2.05, 4.69) is 50.2 Å². The van der Waals surface area contributed by atoms with E-state index in [0.717, 1.165) is 47.2 Å². The van der Waals surface area contributed by atoms with E-state index in [9.17, 15) is 0 Å². The Kier molecular flexibility index (Phi) is 6.60. The fraction of sp³-hybridized carbons (Fsp3) is 0.250. The molecule has 0 aliphatic heterocycles. The predicted octanol–water partition coefficient (Wildman–Crippen LogP) is 8.30. The number of anilines is 2. The Morgan fingerprint density at radius 1 is 0.528 bits per heavy atom. The van der Waals surface area contributed by atoms with Crippen LogP contribution in [0.2, 0.25) is 0 Å². The average Bonchev–Trinajstić information content (AvgIpc) is 2.87. The molecular weight excluding hydrogens is 444 g/mol. The lowest BCUT2D eigenvalue weighted by Crippen LogP contribution is -2.32. The minimum atomic E-state index is -0.00806. The first-order valence-electron chi connectivity index (χ1n) is 12.7. The number of aryl methyl sites for hydroxylation is 2. The van der Waals surface area contributed by atoms with Crippen molar-refractivity contribution in [2.75, 3.05) is 11.5 Å². The zero-order valence-electron chi connectivity index (χ0n) is 21.1. The lowest BCUT2D eigenvalue weighted by atomic mass is 9.63. The summed E-state index contributed by atoms with van der Waals surface area (Å²) >= 11 is 0. The molecule has 4 N–H and O–H groups in total. The van der Waals surface area contributed by atoms with Crippen molar-refractivity contribution in [1.82, 2.24) is 0 Å². The van der Waals surface area contributed by atoms with Gasteiger partial charge in [-0.1, -0.05) is 31.4 Å². The Bertz CT molecular complexity index is 1240. The van der Waals surface area contributed by atoms with Gasteiger partial charge >= 0.3 is 0 Å². The van der Waals surface area contributed by atoms with Crippen LogP contribution in [0.3, 0.4) is 0 Å². The maximum absolute atomic E-state index is 6.12. The third kappa shape index (κ3) is 4.90. The molecule has 0 saturated heterocycles. The smallest absolute Gasteiger partial charge is 0.127 e. The summed E-state index contributed by atoms with van der Waals surface area (Å²) < 4.78 is 12.2. The Morgan fingerprint density at radius 3 is 1.31 bits per heavy atom. The Morgan fingerprint density at radius 2 is 0.917 bits per heavy atom. The van der Waals surface area contributed by atoms with E-state index in [1.165, 1.54) is 41.5 Å². The average molecular weight is 479 g/mol. The number of ether oxygens (including phenoxy) is 2. The van der Waals surface area contributed by atoms with Crippen LogP contribution < -0.4 is 20.9 Å². The zero-order chi connectivity index (χ0) is 25.1. The lowest BCUT2D eigenvalue weighted by molar-refractivity contribution is 0.342. The minimum absolute atomic E-state index is 0.00806. The van der Waals surface area contributed by atoms with Gasteiger partial charge in [-0.15, -0.1) is 0 Å². The first-order chi connectivity index (χ1) is 17.4. The van der Waals surface area contributed by atoms with E-state index in [0.29, 0.717) is 0 Å². The van der Waals surface area contributed by atoms with Crippen LogP contribution in [0.1, 0.15) is 54.4 Å². The summed E-state index contributed by atoms with van der Waals surface area (Å²) in [5, 5.41) is 0. The maximum Gasteiger partial charge on any atom is 0.127 e. The van der Waals surface area contributed by atoms with Crippen molar-refractivity contribution in [2.45, 2.75) is 51.4 Å². The van der Waals surface area contributed by atoms with Crippen LogP contribution in [0.25, 0.3) is 0 Å². The van der Waals surface area contributed by atoms with Crippen LogP contribution >= 0.6 is 0 Å². The highest BCUT2D eigenvalue weighted by molar-refractivity contribution is 5.52. The first kappa shape index (κ1) is 23.8. The second-order valence-corrected chi connectivity index (χ2v) is 9.94. The zero-order valence-corrected chi connectivity index (χ0v) is 21.1.